The maximum Gasteiger partial charge on any atom is 0.123 e. The van der Waals surface area contributed by atoms with Crippen LogP contribution >= 0.6 is 11.6 Å². The number of fused-ring (bicyclic) bond motifs is 1. The quantitative estimate of drug-likeness (QED) is 0.475. The van der Waals surface area contributed by atoms with E-state index in [4.69, 9.17) is 17.3 Å². The standard InChI is InChI=1S/C22H17ClFN7/c23-18-8-15(7-17-20(26)13(9-25)10-27-22(17)18)28-21(12-1-3-14(24)4-2-12)19-11-31(30-29-19)16-5-6-16/h1-4,7-8,10-11,16,21,28H,5-6H2,(H2,26,27)/t21-/m0/s1/i21D. The number of anilines is 2. The van der Waals surface area contributed by atoms with Crippen LogP contribution in [0.5, 0.6) is 0 Å². The van der Waals surface area contributed by atoms with Crippen LogP contribution in [-0.2, 0) is 0 Å². The average molecular weight is 435 g/mol. The molecule has 7 nitrogen and oxygen atoms in total. The van der Waals surface area contributed by atoms with Gasteiger partial charge >= 0.3 is 0 Å². The Kier molecular flexibility index (Phi) is 4.39. The second-order valence-corrected chi connectivity index (χ2v) is 7.78. The van der Waals surface area contributed by atoms with Crippen LogP contribution in [0.4, 0.5) is 15.8 Å². The molecule has 2 aromatic carbocycles. The summed E-state index contributed by atoms with van der Waals surface area (Å²) in [7, 11) is 0. The van der Waals surface area contributed by atoms with E-state index in [0.717, 1.165) is 12.8 Å². The molecule has 0 aliphatic heterocycles. The van der Waals surface area contributed by atoms with Crippen molar-refractivity contribution in [3.63, 3.8) is 0 Å². The molecular weight excluding hydrogens is 417 g/mol. The average Bonchev–Trinajstić information content (AvgIpc) is 3.51. The van der Waals surface area contributed by atoms with E-state index in [1.807, 2.05) is 6.07 Å². The summed E-state index contributed by atoms with van der Waals surface area (Å²) < 4.78 is 24.6. The Hall–Kier alpha value is -3.70. The number of nitriles is 1. The van der Waals surface area contributed by atoms with Crippen molar-refractivity contribution in [1.82, 2.24) is 20.0 Å². The van der Waals surface area contributed by atoms with Crippen LogP contribution in [0.1, 0.15) is 43.1 Å². The predicted octanol–water partition coefficient (Wildman–Crippen LogP) is 4.61. The predicted molar refractivity (Wildman–Crippen MR) is 116 cm³/mol. The molecule has 1 atom stereocenters. The summed E-state index contributed by atoms with van der Waals surface area (Å²) >= 11 is 6.44. The molecular formula is C22H17ClFN7. The molecule has 1 saturated carbocycles. The smallest absolute Gasteiger partial charge is 0.123 e. The third-order valence-electron chi connectivity index (χ3n) is 5.18. The summed E-state index contributed by atoms with van der Waals surface area (Å²) in [5.74, 6) is -0.408. The van der Waals surface area contributed by atoms with Gasteiger partial charge in [-0.25, -0.2) is 9.07 Å². The third kappa shape index (κ3) is 3.64. The minimum absolute atomic E-state index is 0.230. The van der Waals surface area contributed by atoms with E-state index >= 15 is 0 Å². The topological polar surface area (TPSA) is 105 Å². The zero-order valence-electron chi connectivity index (χ0n) is 17.2. The van der Waals surface area contributed by atoms with Gasteiger partial charge in [-0.05, 0) is 42.7 Å². The molecule has 5 rings (SSSR count). The summed E-state index contributed by atoms with van der Waals surface area (Å²) in [5, 5.41) is 21.6. The van der Waals surface area contributed by atoms with Crippen molar-refractivity contribution in [2.45, 2.75) is 24.9 Å². The SMILES string of the molecule is [2H][C@](Nc1cc(Cl)c2ncc(C#N)c(N)c2c1)(c1ccc(F)cc1)c1cn(C2CC2)nn1. The fourth-order valence-electron chi connectivity index (χ4n) is 3.39. The number of nitrogen functional groups attached to an aromatic ring is 1. The number of rotatable bonds is 5. The van der Waals surface area contributed by atoms with Gasteiger partial charge in [-0.1, -0.05) is 28.9 Å². The summed E-state index contributed by atoms with van der Waals surface area (Å²) in [5.41, 5.74) is 8.36. The molecule has 0 saturated heterocycles. The highest BCUT2D eigenvalue weighted by molar-refractivity contribution is 6.35. The fraction of sp³-hybridized carbons (Fsp3) is 0.182. The molecule has 1 aliphatic carbocycles. The highest BCUT2D eigenvalue weighted by Crippen LogP contribution is 2.36. The Balaban J connectivity index is 1.64. The van der Waals surface area contributed by atoms with Crippen molar-refractivity contribution < 1.29 is 5.76 Å². The van der Waals surface area contributed by atoms with Crippen molar-refractivity contribution in [1.29, 1.82) is 5.26 Å². The lowest BCUT2D eigenvalue weighted by Crippen LogP contribution is -2.13. The molecule has 2 aromatic heterocycles. The van der Waals surface area contributed by atoms with E-state index in [2.05, 4.69) is 20.6 Å². The lowest BCUT2D eigenvalue weighted by atomic mass is 10.0. The largest absolute Gasteiger partial charge is 0.397 e. The maximum atomic E-state index is 13.6. The van der Waals surface area contributed by atoms with Crippen molar-refractivity contribution in [3.8, 4) is 6.07 Å². The minimum Gasteiger partial charge on any atom is -0.397 e. The molecule has 0 spiro atoms. The number of nitrogens with two attached hydrogens (primary N) is 1. The molecule has 3 N–H and O–H groups in total. The molecule has 4 aromatic rings. The van der Waals surface area contributed by atoms with Gasteiger partial charge in [0.05, 0.1) is 41.4 Å². The third-order valence-corrected chi connectivity index (χ3v) is 5.46. The second-order valence-electron chi connectivity index (χ2n) is 7.37. The molecule has 0 amide bonds. The number of aromatic nitrogens is 4. The van der Waals surface area contributed by atoms with E-state index in [1.54, 1.807) is 23.0 Å². The summed E-state index contributed by atoms with van der Waals surface area (Å²) in [4.78, 5) is 4.23. The highest BCUT2D eigenvalue weighted by Gasteiger charge is 2.27. The summed E-state index contributed by atoms with van der Waals surface area (Å²) in [6, 6.07) is 9.65. The van der Waals surface area contributed by atoms with Crippen molar-refractivity contribution >= 4 is 33.9 Å². The first kappa shape index (κ1) is 18.1. The second kappa shape index (κ2) is 7.52. The molecule has 154 valence electrons. The van der Waals surface area contributed by atoms with Gasteiger partial charge < -0.3 is 11.1 Å². The molecule has 9 heteroatoms. The first-order chi connectivity index (χ1) is 15.4. The van der Waals surface area contributed by atoms with Gasteiger partial charge in [-0.2, -0.15) is 5.26 Å². The van der Waals surface area contributed by atoms with Gasteiger partial charge in [0.15, 0.2) is 0 Å². The normalized spacial score (nSPS) is 15.8. The monoisotopic (exact) mass is 434 g/mol. The Morgan fingerprint density at radius 2 is 2.10 bits per heavy atom. The highest BCUT2D eigenvalue weighted by atomic mass is 35.5. The molecule has 0 radical (unpaired) electrons. The molecule has 0 unspecified atom stereocenters. The number of halogens is 2. The lowest BCUT2D eigenvalue weighted by molar-refractivity contribution is 0.610. The van der Waals surface area contributed by atoms with E-state index in [0.29, 0.717) is 38.9 Å². The van der Waals surface area contributed by atoms with Crippen molar-refractivity contribution in [2.24, 2.45) is 0 Å². The molecule has 1 aliphatic rings. The van der Waals surface area contributed by atoms with Gasteiger partial charge in [0, 0.05) is 17.3 Å². The zero-order chi connectivity index (χ0) is 22.5. The first-order valence-corrected chi connectivity index (χ1v) is 10.0. The van der Waals surface area contributed by atoms with Crippen LogP contribution in [0.3, 0.4) is 0 Å². The zero-order valence-corrected chi connectivity index (χ0v) is 16.9. The Bertz CT molecular complexity index is 1380. The van der Waals surface area contributed by atoms with E-state index < -0.39 is 11.8 Å². The van der Waals surface area contributed by atoms with Crippen LogP contribution in [0.2, 0.25) is 5.02 Å². The van der Waals surface area contributed by atoms with Gasteiger partial charge in [0.1, 0.15) is 17.6 Å². The molecule has 1 fully saturated rings. The Morgan fingerprint density at radius 3 is 2.81 bits per heavy atom. The Morgan fingerprint density at radius 1 is 1.32 bits per heavy atom. The van der Waals surface area contributed by atoms with Gasteiger partial charge in [0.25, 0.3) is 0 Å². The molecule has 2 heterocycles. The number of nitrogens with one attached hydrogen (secondary N) is 1. The Labute approximate surface area is 183 Å². The van der Waals surface area contributed by atoms with Gasteiger partial charge in [-0.15, -0.1) is 5.10 Å². The van der Waals surface area contributed by atoms with E-state index in [-0.39, 0.29) is 11.3 Å². The number of hydrogen-bond donors (Lipinski definition) is 2. The van der Waals surface area contributed by atoms with E-state index in [9.17, 15) is 11.0 Å². The maximum absolute atomic E-state index is 13.6. The van der Waals surface area contributed by atoms with Crippen LogP contribution < -0.4 is 11.1 Å². The molecule has 0 bridgehead atoms. The van der Waals surface area contributed by atoms with Crippen LogP contribution in [0, 0.1) is 17.1 Å². The fourth-order valence-corrected chi connectivity index (χ4v) is 3.66. The number of benzene rings is 2. The van der Waals surface area contributed by atoms with Crippen LogP contribution in [-0.4, -0.2) is 20.0 Å². The minimum atomic E-state index is -1.59. The number of pyridine rings is 1. The van der Waals surface area contributed by atoms with Crippen molar-refractivity contribution in [3.05, 3.63) is 76.5 Å². The van der Waals surface area contributed by atoms with Gasteiger partial charge in [0.2, 0.25) is 0 Å². The molecule has 31 heavy (non-hydrogen) atoms. The summed E-state index contributed by atoms with van der Waals surface area (Å²) in [6.45, 7) is 0. The van der Waals surface area contributed by atoms with Gasteiger partial charge in [-0.3, -0.25) is 4.98 Å². The van der Waals surface area contributed by atoms with Crippen LogP contribution in [0.25, 0.3) is 10.9 Å². The van der Waals surface area contributed by atoms with E-state index in [1.165, 1.54) is 30.5 Å². The number of nitrogens with zero attached hydrogens (tertiary/aromatic N) is 5. The first-order valence-electron chi connectivity index (χ1n) is 10.1. The van der Waals surface area contributed by atoms with Crippen molar-refractivity contribution in [2.75, 3.05) is 11.1 Å². The summed E-state index contributed by atoms with van der Waals surface area (Å²) in [6.07, 6.45) is 5.14. The number of hydrogen-bond acceptors (Lipinski definition) is 6. The lowest BCUT2D eigenvalue weighted by Gasteiger charge is -2.19. The van der Waals surface area contributed by atoms with Crippen LogP contribution in [0.15, 0.2) is 48.8 Å².